The largest absolute Gasteiger partial charge is 0.283 e. The molecule has 0 aliphatic carbocycles. The molecular weight excluding hydrogens is 322 g/mol. The van der Waals surface area contributed by atoms with E-state index in [0.717, 1.165) is 10.9 Å². The lowest BCUT2D eigenvalue weighted by Crippen LogP contribution is -2.12. The van der Waals surface area contributed by atoms with Crippen molar-refractivity contribution in [2.75, 3.05) is 0 Å². The summed E-state index contributed by atoms with van der Waals surface area (Å²) in [4.78, 5) is 4.65. The number of para-hydroxylation sites is 1. The van der Waals surface area contributed by atoms with Crippen molar-refractivity contribution in [1.29, 1.82) is 5.26 Å². The van der Waals surface area contributed by atoms with Gasteiger partial charge in [-0.25, -0.2) is 0 Å². The van der Waals surface area contributed by atoms with Gasteiger partial charge >= 0.3 is 0 Å². The monoisotopic (exact) mass is 333 g/mol. The standard InChI is InChI=1S/C18H11N3O2S/c19-11-14(16-10-9-12-5-1-3-7-15(12)20-16)18-13-6-2-4-8-17(13)24(22,23)21-18/h1-10,14H/t14-/m1/s1. The van der Waals surface area contributed by atoms with E-state index in [2.05, 4.69) is 15.5 Å². The lowest BCUT2D eigenvalue weighted by Gasteiger charge is -2.10. The molecular formula is C18H11N3O2S. The first-order valence-electron chi connectivity index (χ1n) is 7.30. The van der Waals surface area contributed by atoms with Crippen LogP contribution >= 0.6 is 0 Å². The number of benzene rings is 2. The van der Waals surface area contributed by atoms with Gasteiger partial charge in [-0.2, -0.15) is 18.1 Å². The van der Waals surface area contributed by atoms with Crippen LogP contribution in [0.25, 0.3) is 10.9 Å². The Labute approximate surface area is 139 Å². The zero-order valence-electron chi connectivity index (χ0n) is 12.4. The second-order valence-corrected chi connectivity index (χ2v) is 7.01. The van der Waals surface area contributed by atoms with Crippen LogP contribution in [-0.4, -0.2) is 19.1 Å². The molecule has 4 rings (SSSR count). The SMILES string of the molecule is N#C[C@@H](C1=NS(=O)(=O)c2ccccc21)c1ccc2ccccc2n1. The van der Waals surface area contributed by atoms with Gasteiger partial charge in [-0.3, -0.25) is 4.98 Å². The lowest BCUT2D eigenvalue weighted by molar-refractivity contribution is 0.599. The van der Waals surface area contributed by atoms with E-state index < -0.39 is 15.9 Å². The Kier molecular flexibility index (Phi) is 3.18. The summed E-state index contributed by atoms with van der Waals surface area (Å²) in [6.45, 7) is 0. The number of rotatable bonds is 2. The van der Waals surface area contributed by atoms with E-state index in [1.54, 1.807) is 24.3 Å². The van der Waals surface area contributed by atoms with Crippen molar-refractivity contribution in [3.8, 4) is 6.07 Å². The van der Waals surface area contributed by atoms with E-state index >= 15 is 0 Å². The quantitative estimate of drug-likeness (QED) is 0.721. The number of sulfonamides is 1. The summed E-state index contributed by atoms with van der Waals surface area (Å²) in [6.07, 6.45) is 0. The van der Waals surface area contributed by atoms with Crippen molar-refractivity contribution < 1.29 is 8.42 Å². The number of pyridine rings is 1. The third-order valence-corrected chi connectivity index (χ3v) is 5.33. The van der Waals surface area contributed by atoms with Crippen molar-refractivity contribution in [3.63, 3.8) is 0 Å². The Balaban J connectivity index is 1.89. The normalized spacial score (nSPS) is 16.2. The van der Waals surface area contributed by atoms with Gasteiger partial charge in [0.2, 0.25) is 0 Å². The van der Waals surface area contributed by atoms with Crippen LogP contribution < -0.4 is 0 Å². The minimum Gasteiger partial charge on any atom is -0.251 e. The second-order valence-electron chi connectivity index (χ2n) is 5.44. The highest BCUT2D eigenvalue weighted by atomic mass is 32.2. The molecule has 1 aromatic heterocycles. The van der Waals surface area contributed by atoms with Crippen LogP contribution in [0.5, 0.6) is 0 Å². The molecule has 6 heteroatoms. The average molecular weight is 333 g/mol. The van der Waals surface area contributed by atoms with Crippen LogP contribution in [0.3, 0.4) is 0 Å². The van der Waals surface area contributed by atoms with Gasteiger partial charge in [0, 0.05) is 10.9 Å². The van der Waals surface area contributed by atoms with E-state index in [1.165, 1.54) is 6.07 Å². The highest BCUT2D eigenvalue weighted by Crippen LogP contribution is 2.32. The summed E-state index contributed by atoms with van der Waals surface area (Å²) in [5, 5.41) is 10.6. The van der Waals surface area contributed by atoms with Gasteiger partial charge in [0.1, 0.15) is 5.92 Å². The van der Waals surface area contributed by atoms with E-state index in [9.17, 15) is 13.7 Å². The minimum atomic E-state index is -3.75. The molecule has 0 fully saturated rings. The van der Waals surface area contributed by atoms with Crippen molar-refractivity contribution in [3.05, 3.63) is 71.9 Å². The molecule has 0 saturated heterocycles. The molecule has 1 aliphatic rings. The topological polar surface area (TPSA) is 83.2 Å². The fourth-order valence-corrected chi connectivity index (χ4v) is 4.11. The molecule has 2 aromatic carbocycles. The van der Waals surface area contributed by atoms with Gasteiger partial charge in [0.05, 0.1) is 27.9 Å². The van der Waals surface area contributed by atoms with Gasteiger partial charge in [-0.05, 0) is 18.2 Å². The van der Waals surface area contributed by atoms with Gasteiger partial charge in [0.15, 0.2) is 0 Å². The number of hydrogen-bond donors (Lipinski definition) is 0. The van der Waals surface area contributed by atoms with E-state index in [4.69, 9.17) is 0 Å². The Morgan fingerprint density at radius 1 is 0.958 bits per heavy atom. The Morgan fingerprint density at radius 3 is 2.54 bits per heavy atom. The van der Waals surface area contributed by atoms with Gasteiger partial charge in [0.25, 0.3) is 10.0 Å². The summed E-state index contributed by atoms with van der Waals surface area (Å²) < 4.78 is 28.3. The highest BCUT2D eigenvalue weighted by Gasteiger charge is 2.34. The molecule has 0 amide bonds. The summed E-state index contributed by atoms with van der Waals surface area (Å²) >= 11 is 0. The van der Waals surface area contributed by atoms with Crippen LogP contribution in [0.2, 0.25) is 0 Å². The third-order valence-electron chi connectivity index (χ3n) is 3.98. The first kappa shape index (κ1) is 14.5. The number of nitriles is 1. The molecule has 0 bridgehead atoms. The van der Waals surface area contributed by atoms with Crippen LogP contribution in [0.15, 0.2) is 70.0 Å². The number of hydrogen-bond acceptors (Lipinski definition) is 4. The maximum Gasteiger partial charge on any atom is 0.283 e. The molecule has 0 N–H and O–H groups in total. The van der Waals surface area contributed by atoms with Crippen molar-refractivity contribution in [2.45, 2.75) is 10.8 Å². The van der Waals surface area contributed by atoms with Crippen LogP contribution in [0.1, 0.15) is 17.2 Å². The molecule has 3 aromatic rings. The number of aromatic nitrogens is 1. The molecule has 24 heavy (non-hydrogen) atoms. The zero-order chi connectivity index (χ0) is 16.7. The Hall–Kier alpha value is -3.04. The summed E-state index contributed by atoms with van der Waals surface area (Å²) in [6, 6.07) is 19.9. The molecule has 1 aliphatic heterocycles. The van der Waals surface area contributed by atoms with Crippen LogP contribution in [0, 0.1) is 11.3 Å². The van der Waals surface area contributed by atoms with Crippen molar-refractivity contribution in [2.24, 2.45) is 4.40 Å². The van der Waals surface area contributed by atoms with Crippen LogP contribution in [-0.2, 0) is 10.0 Å². The molecule has 116 valence electrons. The number of fused-ring (bicyclic) bond motifs is 2. The maximum atomic E-state index is 12.2. The fourth-order valence-electron chi connectivity index (χ4n) is 2.85. The highest BCUT2D eigenvalue weighted by molar-refractivity contribution is 7.90. The van der Waals surface area contributed by atoms with Gasteiger partial charge in [-0.1, -0.05) is 42.5 Å². The zero-order valence-corrected chi connectivity index (χ0v) is 13.2. The molecule has 2 heterocycles. The molecule has 0 spiro atoms. The Morgan fingerprint density at radius 2 is 1.71 bits per heavy atom. The van der Waals surface area contributed by atoms with Crippen LogP contribution in [0.4, 0.5) is 0 Å². The first-order valence-corrected chi connectivity index (χ1v) is 8.74. The van der Waals surface area contributed by atoms with E-state index in [0.29, 0.717) is 11.3 Å². The molecule has 5 nitrogen and oxygen atoms in total. The fraction of sp³-hybridized carbons (Fsp3) is 0.0556. The average Bonchev–Trinajstić information content (AvgIpc) is 2.87. The maximum absolute atomic E-state index is 12.2. The smallest absolute Gasteiger partial charge is 0.251 e. The summed E-state index contributed by atoms with van der Waals surface area (Å²) in [5.41, 5.74) is 1.95. The summed E-state index contributed by atoms with van der Waals surface area (Å²) in [5.74, 6) is -0.840. The molecule has 0 unspecified atom stereocenters. The second kappa shape index (κ2) is 5.25. The number of nitrogens with zero attached hydrogens (tertiary/aromatic N) is 3. The van der Waals surface area contributed by atoms with Crippen molar-refractivity contribution >= 4 is 26.6 Å². The van der Waals surface area contributed by atoms with Gasteiger partial charge < -0.3 is 0 Å². The summed E-state index contributed by atoms with van der Waals surface area (Å²) in [7, 11) is -3.75. The molecule has 0 radical (unpaired) electrons. The van der Waals surface area contributed by atoms with E-state index in [-0.39, 0.29) is 10.6 Å². The minimum absolute atomic E-state index is 0.140. The van der Waals surface area contributed by atoms with Crippen molar-refractivity contribution in [1.82, 2.24) is 4.98 Å². The molecule has 0 saturated carbocycles. The predicted octanol–water partition coefficient (Wildman–Crippen LogP) is 3.03. The third kappa shape index (κ3) is 2.18. The van der Waals surface area contributed by atoms with E-state index in [1.807, 2.05) is 30.3 Å². The molecule has 1 atom stereocenters. The van der Waals surface area contributed by atoms with Gasteiger partial charge in [-0.15, -0.1) is 0 Å². The predicted molar refractivity (Wildman–Crippen MR) is 90.3 cm³/mol. The lowest BCUT2D eigenvalue weighted by atomic mass is 9.94. The Bertz CT molecular complexity index is 1140. The first-order chi connectivity index (χ1) is 11.6.